The molecule has 0 aromatic carbocycles. The van der Waals surface area contributed by atoms with E-state index >= 15 is 0 Å². The van der Waals surface area contributed by atoms with E-state index in [0.717, 1.165) is 12.3 Å². The van der Waals surface area contributed by atoms with Gasteiger partial charge in [-0.05, 0) is 30.6 Å². The van der Waals surface area contributed by atoms with Crippen molar-refractivity contribution < 1.29 is 0 Å². The maximum Gasteiger partial charge on any atom is 0.0443 e. The summed E-state index contributed by atoms with van der Waals surface area (Å²) in [6.07, 6.45) is 3.78. The molecular weight excluding hydrogens is 148 g/mol. The van der Waals surface area contributed by atoms with Gasteiger partial charge in [-0.2, -0.15) is 5.10 Å². The average Bonchev–Trinajstić information content (AvgIpc) is 2.34. The van der Waals surface area contributed by atoms with Crippen molar-refractivity contribution in [3.63, 3.8) is 0 Å². The van der Waals surface area contributed by atoms with Gasteiger partial charge < -0.3 is 5.84 Å². The van der Waals surface area contributed by atoms with Gasteiger partial charge in [0.15, 0.2) is 0 Å². The minimum Gasteiger partial charge on any atom is -0.323 e. The highest BCUT2D eigenvalue weighted by Gasteiger charge is 2.59. The summed E-state index contributed by atoms with van der Waals surface area (Å²) < 4.78 is 0. The van der Waals surface area contributed by atoms with Gasteiger partial charge >= 0.3 is 0 Å². The third-order valence-corrected chi connectivity index (χ3v) is 4.67. The van der Waals surface area contributed by atoms with Crippen LogP contribution in [-0.4, -0.2) is 5.71 Å². The van der Waals surface area contributed by atoms with Crippen molar-refractivity contribution in [1.29, 1.82) is 0 Å². The monoisotopic (exact) mass is 166 g/mol. The second-order valence-electron chi connectivity index (χ2n) is 5.07. The highest BCUT2D eigenvalue weighted by Crippen LogP contribution is 2.63. The lowest BCUT2D eigenvalue weighted by atomic mass is 9.70. The number of rotatable bonds is 0. The van der Waals surface area contributed by atoms with Crippen molar-refractivity contribution in [2.24, 2.45) is 27.7 Å². The van der Waals surface area contributed by atoms with Gasteiger partial charge in [0.2, 0.25) is 0 Å². The van der Waals surface area contributed by atoms with E-state index in [1.165, 1.54) is 18.6 Å². The van der Waals surface area contributed by atoms with Crippen LogP contribution in [0.3, 0.4) is 0 Å². The molecule has 0 radical (unpaired) electrons. The normalized spacial score (nSPS) is 47.2. The topological polar surface area (TPSA) is 38.4 Å². The maximum absolute atomic E-state index is 5.41. The Kier molecular flexibility index (Phi) is 1.37. The first-order valence-electron chi connectivity index (χ1n) is 4.79. The van der Waals surface area contributed by atoms with Crippen LogP contribution in [0.1, 0.15) is 40.0 Å². The molecule has 0 amide bonds. The zero-order chi connectivity index (χ0) is 8.98. The fraction of sp³-hybridized carbons (Fsp3) is 0.900. The van der Waals surface area contributed by atoms with Crippen LogP contribution >= 0.6 is 0 Å². The summed E-state index contributed by atoms with van der Waals surface area (Å²) in [5.74, 6) is 6.24. The summed E-state index contributed by atoms with van der Waals surface area (Å²) in [6.45, 7) is 7.05. The van der Waals surface area contributed by atoms with E-state index in [1.807, 2.05) is 0 Å². The lowest BCUT2D eigenvalue weighted by molar-refractivity contribution is 0.194. The first-order valence-corrected chi connectivity index (χ1v) is 4.79. The van der Waals surface area contributed by atoms with Gasteiger partial charge in [0.25, 0.3) is 0 Å². The predicted molar refractivity (Wildman–Crippen MR) is 50.9 cm³/mol. The number of nitrogens with zero attached hydrogens (tertiary/aromatic N) is 1. The Morgan fingerprint density at radius 1 is 1.42 bits per heavy atom. The second-order valence-corrected chi connectivity index (χ2v) is 5.07. The third-order valence-electron chi connectivity index (χ3n) is 4.67. The van der Waals surface area contributed by atoms with Crippen LogP contribution in [0.2, 0.25) is 0 Å². The summed E-state index contributed by atoms with van der Waals surface area (Å²) >= 11 is 0. The summed E-state index contributed by atoms with van der Waals surface area (Å²) in [5, 5.41) is 3.95. The van der Waals surface area contributed by atoms with E-state index < -0.39 is 0 Å². The number of fused-ring (bicyclic) bond motifs is 2. The summed E-state index contributed by atoms with van der Waals surface area (Å²) in [4.78, 5) is 0. The summed E-state index contributed by atoms with van der Waals surface area (Å²) in [5.41, 5.74) is 1.97. The zero-order valence-electron chi connectivity index (χ0n) is 8.22. The first kappa shape index (κ1) is 8.09. The van der Waals surface area contributed by atoms with E-state index in [1.54, 1.807) is 0 Å². The molecule has 2 aliphatic carbocycles. The lowest BCUT2D eigenvalue weighted by Crippen LogP contribution is -2.33. The van der Waals surface area contributed by atoms with Gasteiger partial charge in [-0.3, -0.25) is 0 Å². The van der Waals surface area contributed by atoms with Crippen molar-refractivity contribution >= 4 is 5.71 Å². The molecule has 2 aliphatic rings. The molecule has 2 heteroatoms. The Hall–Kier alpha value is -0.530. The van der Waals surface area contributed by atoms with Gasteiger partial charge in [-0.1, -0.05) is 20.8 Å². The van der Waals surface area contributed by atoms with Crippen LogP contribution in [0.4, 0.5) is 0 Å². The highest BCUT2D eigenvalue weighted by molar-refractivity contribution is 5.94. The molecule has 0 aliphatic heterocycles. The minimum absolute atomic E-state index is 0.298. The van der Waals surface area contributed by atoms with Crippen molar-refractivity contribution in [1.82, 2.24) is 0 Å². The van der Waals surface area contributed by atoms with Gasteiger partial charge in [-0.25, -0.2) is 0 Å². The minimum atomic E-state index is 0.298. The Balaban J connectivity index is 2.46. The molecule has 2 atom stereocenters. The average molecular weight is 166 g/mol. The van der Waals surface area contributed by atoms with Crippen molar-refractivity contribution in [2.75, 3.05) is 0 Å². The highest BCUT2D eigenvalue weighted by atomic mass is 15.1. The van der Waals surface area contributed by atoms with E-state index in [4.69, 9.17) is 5.84 Å². The molecule has 2 saturated carbocycles. The molecular formula is C10H18N2. The molecule has 2 nitrogen and oxygen atoms in total. The SMILES string of the molecule is CC1(C)[C@@H]2CC[C@@]1(C)/C(=N/N)C2. The summed E-state index contributed by atoms with van der Waals surface area (Å²) in [7, 11) is 0. The number of hydrogen-bond acceptors (Lipinski definition) is 2. The Morgan fingerprint density at radius 3 is 2.33 bits per heavy atom. The van der Waals surface area contributed by atoms with Gasteiger partial charge in [-0.15, -0.1) is 0 Å². The quantitative estimate of drug-likeness (QED) is 0.434. The van der Waals surface area contributed by atoms with Crippen LogP contribution in [0.25, 0.3) is 0 Å². The van der Waals surface area contributed by atoms with Gasteiger partial charge in [0, 0.05) is 11.1 Å². The fourth-order valence-electron chi connectivity index (χ4n) is 3.12. The lowest BCUT2D eigenvalue weighted by Gasteiger charge is -2.34. The van der Waals surface area contributed by atoms with Crippen LogP contribution in [-0.2, 0) is 0 Å². The number of hydrogen-bond donors (Lipinski definition) is 1. The molecule has 0 spiro atoms. The van der Waals surface area contributed by atoms with Crippen molar-refractivity contribution in [2.45, 2.75) is 40.0 Å². The molecule has 68 valence electrons. The molecule has 2 rings (SSSR count). The predicted octanol–water partition coefficient (Wildman–Crippen LogP) is 2.15. The summed E-state index contributed by atoms with van der Waals surface area (Å²) in [6, 6.07) is 0. The smallest absolute Gasteiger partial charge is 0.0443 e. The molecule has 0 saturated heterocycles. The van der Waals surface area contributed by atoms with E-state index in [9.17, 15) is 0 Å². The Morgan fingerprint density at radius 2 is 2.08 bits per heavy atom. The molecule has 0 heterocycles. The Bertz CT molecular complexity index is 242. The van der Waals surface area contributed by atoms with Crippen LogP contribution < -0.4 is 5.84 Å². The number of nitrogens with two attached hydrogens (primary N) is 1. The molecule has 12 heavy (non-hydrogen) atoms. The molecule has 0 aromatic heterocycles. The molecule has 2 N–H and O–H groups in total. The van der Waals surface area contributed by atoms with Crippen LogP contribution in [0.15, 0.2) is 5.10 Å². The molecule has 0 aromatic rings. The van der Waals surface area contributed by atoms with Crippen LogP contribution in [0, 0.1) is 16.7 Å². The number of hydrazone groups is 1. The van der Waals surface area contributed by atoms with Gasteiger partial charge in [0.1, 0.15) is 0 Å². The Labute approximate surface area is 74.2 Å². The third kappa shape index (κ3) is 0.644. The fourth-order valence-corrected chi connectivity index (χ4v) is 3.12. The van der Waals surface area contributed by atoms with E-state index in [-0.39, 0.29) is 0 Å². The van der Waals surface area contributed by atoms with Gasteiger partial charge in [0.05, 0.1) is 0 Å². The molecule has 2 bridgehead atoms. The first-order chi connectivity index (χ1) is 5.52. The standard InChI is InChI=1S/C10H18N2/c1-9(2)7-4-5-10(9,3)8(6-7)12-11/h7H,4-6,11H2,1-3H3/b12-8+/t7-,10+/m1/s1. The second kappa shape index (κ2) is 2.04. The maximum atomic E-state index is 5.41. The molecule has 2 fully saturated rings. The van der Waals surface area contributed by atoms with E-state index in [0.29, 0.717) is 10.8 Å². The van der Waals surface area contributed by atoms with Crippen LogP contribution in [0.5, 0.6) is 0 Å². The van der Waals surface area contributed by atoms with Crippen molar-refractivity contribution in [3.8, 4) is 0 Å². The largest absolute Gasteiger partial charge is 0.323 e. The van der Waals surface area contributed by atoms with E-state index in [2.05, 4.69) is 25.9 Å². The van der Waals surface area contributed by atoms with Crippen molar-refractivity contribution in [3.05, 3.63) is 0 Å². The zero-order valence-corrected chi connectivity index (χ0v) is 8.22. The molecule has 0 unspecified atom stereocenters.